The smallest absolute Gasteiger partial charge is 0.220 e. The number of benzene rings is 1. The van der Waals surface area contributed by atoms with Gasteiger partial charge in [0.15, 0.2) is 0 Å². The van der Waals surface area contributed by atoms with Crippen LogP contribution in [0.15, 0.2) is 24.3 Å². The zero-order chi connectivity index (χ0) is 13.5. The fourth-order valence-electron chi connectivity index (χ4n) is 2.40. The van der Waals surface area contributed by atoms with Gasteiger partial charge in [-0.05, 0) is 49.8 Å². The molecule has 1 N–H and O–H groups in total. The van der Waals surface area contributed by atoms with E-state index < -0.39 is 0 Å². The summed E-state index contributed by atoms with van der Waals surface area (Å²) in [5, 5.41) is 2.91. The lowest BCUT2D eigenvalue weighted by molar-refractivity contribution is -0.121. The molecule has 0 saturated heterocycles. The van der Waals surface area contributed by atoms with Gasteiger partial charge in [-0.1, -0.05) is 19.1 Å². The molecule has 3 heteroatoms. The molecule has 104 valence electrons. The van der Waals surface area contributed by atoms with Crippen LogP contribution in [-0.4, -0.2) is 12.0 Å². The molecular formula is C16H23NO2. The predicted molar refractivity (Wildman–Crippen MR) is 76.1 cm³/mol. The second-order valence-corrected chi connectivity index (χ2v) is 5.19. The molecule has 1 aliphatic carbocycles. The topological polar surface area (TPSA) is 38.3 Å². The van der Waals surface area contributed by atoms with Crippen molar-refractivity contribution in [1.82, 2.24) is 5.32 Å². The first-order valence-electron chi connectivity index (χ1n) is 7.30. The van der Waals surface area contributed by atoms with Crippen LogP contribution in [0.5, 0.6) is 5.75 Å². The molecule has 0 aromatic heterocycles. The van der Waals surface area contributed by atoms with Crippen molar-refractivity contribution >= 4 is 5.91 Å². The Morgan fingerprint density at radius 3 is 2.58 bits per heavy atom. The van der Waals surface area contributed by atoms with Crippen LogP contribution >= 0.6 is 0 Å². The molecule has 1 fully saturated rings. The second-order valence-electron chi connectivity index (χ2n) is 5.19. The highest BCUT2D eigenvalue weighted by atomic mass is 16.5. The van der Waals surface area contributed by atoms with Gasteiger partial charge < -0.3 is 10.1 Å². The number of rotatable bonds is 6. The van der Waals surface area contributed by atoms with Crippen molar-refractivity contribution in [2.24, 2.45) is 0 Å². The first kappa shape index (κ1) is 13.9. The van der Waals surface area contributed by atoms with Crippen molar-refractivity contribution in [2.75, 3.05) is 0 Å². The van der Waals surface area contributed by atoms with Gasteiger partial charge in [0.1, 0.15) is 5.75 Å². The Hall–Kier alpha value is -1.51. The Labute approximate surface area is 115 Å². The van der Waals surface area contributed by atoms with Gasteiger partial charge in [-0.2, -0.15) is 0 Å². The molecule has 0 spiro atoms. The summed E-state index contributed by atoms with van der Waals surface area (Å²) in [6.07, 6.45) is 6.81. The summed E-state index contributed by atoms with van der Waals surface area (Å²) in [5.41, 5.74) is 1.11. The van der Waals surface area contributed by atoms with Crippen LogP contribution in [0.4, 0.5) is 0 Å². The van der Waals surface area contributed by atoms with Gasteiger partial charge in [-0.3, -0.25) is 4.79 Å². The van der Waals surface area contributed by atoms with Crippen LogP contribution in [0.1, 0.15) is 51.0 Å². The molecule has 2 rings (SSSR count). The van der Waals surface area contributed by atoms with Crippen LogP contribution < -0.4 is 10.1 Å². The van der Waals surface area contributed by atoms with E-state index in [1.54, 1.807) is 0 Å². The third kappa shape index (κ3) is 4.58. The number of hydrogen-bond donors (Lipinski definition) is 1. The third-order valence-electron chi connectivity index (χ3n) is 3.50. The van der Waals surface area contributed by atoms with Crippen LogP contribution in [0.2, 0.25) is 0 Å². The number of amides is 1. The molecule has 0 radical (unpaired) electrons. The fraction of sp³-hybridized carbons (Fsp3) is 0.562. The lowest BCUT2D eigenvalue weighted by atomic mass is 10.2. The highest BCUT2D eigenvalue weighted by Crippen LogP contribution is 2.24. The molecule has 1 aliphatic rings. The first-order valence-corrected chi connectivity index (χ1v) is 7.30. The summed E-state index contributed by atoms with van der Waals surface area (Å²) in [7, 11) is 0. The largest absolute Gasteiger partial charge is 0.490 e. The normalized spacial score (nSPS) is 15.4. The zero-order valence-electron chi connectivity index (χ0n) is 11.7. The molecule has 0 bridgehead atoms. The maximum Gasteiger partial charge on any atom is 0.220 e. The van der Waals surface area contributed by atoms with Crippen molar-refractivity contribution in [3.05, 3.63) is 29.8 Å². The van der Waals surface area contributed by atoms with Crippen LogP contribution in [0.25, 0.3) is 0 Å². The van der Waals surface area contributed by atoms with Crippen molar-refractivity contribution in [3.8, 4) is 5.75 Å². The molecule has 0 heterocycles. The Morgan fingerprint density at radius 2 is 1.95 bits per heavy atom. The summed E-state index contributed by atoms with van der Waals surface area (Å²) in [6, 6.07) is 8.05. The van der Waals surface area contributed by atoms with E-state index in [9.17, 15) is 4.79 Å². The maximum atomic E-state index is 11.4. The van der Waals surface area contributed by atoms with Crippen LogP contribution in [0.3, 0.4) is 0 Å². The fourth-order valence-corrected chi connectivity index (χ4v) is 2.40. The average Bonchev–Trinajstić information content (AvgIpc) is 2.91. The molecule has 1 saturated carbocycles. The predicted octanol–water partition coefficient (Wildman–Crippen LogP) is 3.42. The number of nitrogens with one attached hydrogen (secondary N) is 1. The minimum atomic E-state index is 0.119. The third-order valence-corrected chi connectivity index (χ3v) is 3.50. The number of hydrogen-bond acceptors (Lipinski definition) is 2. The van der Waals surface area contributed by atoms with E-state index in [1.165, 1.54) is 25.7 Å². The van der Waals surface area contributed by atoms with Crippen LogP contribution in [0, 0.1) is 0 Å². The van der Waals surface area contributed by atoms with Crippen LogP contribution in [-0.2, 0) is 11.3 Å². The molecule has 3 nitrogen and oxygen atoms in total. The minimum Gasteiger partial charge on any atom is -0.490 e. The average molecular weight is 261 g/mol. The highest BCUT2D eigenvalue weighted by Gasteiger charge is 2.16. The quantitative estimate of drug-likeness (QED) is 0.852. The molecule has 1 aromatic carbocycles. The monoisotopic (exact) mass is 261 g/mol. The van der Waals surface area contributed by atoms with Gasteiger partial charge >= 0.3 is 0 Å². The number of carbonyl (C=O) groups is 1. The molecule has 0 atom stereocenters. The lowest BCUT2D eigenvalue weighted by Gasteiger charge is -2.13. The summed E-state index contributed by atoms with van der Waals surface area (Å²) >= 11 is 0. The van der Waals surface area contributed by atoms with Crippen molar-refractivity contribution in [1.29, 1.82) is 0 Å². The standard InChI is InChI=1S/C16H23NO2/c1-2-5-16(18)17-12-13-8-10-15(11-9-13)19-14-6-3-4-7-14/h8-11,14H,2-7,12H2,1H3,(H,17,18). The van der Waals surface area contributed by atoms with Gasteiger partial charge in [-0.15, -0.1) is 0 Å². The van der Waals surface area contributed by atoms with Gasteiger partial charge in [0, 0.05) is 13.0 Å². The Bertz CT molecular complexity index is 394. The van der Waals surface area contributed by atoms with E-state index in [-0.39, 0.29) is 5.91 Å². The minimum absolute atomic E-state index is 0.119. The summed E-state index contributed by atoms with van der Waals surface area (Å²) in [4.78, 5) is 11.4. The molecule has 1 aromatic rings. The Kier molecular flexibility index (Phi) is 5.25. The highest BCUT2D eigenvalue weighted by molar-refractivity contribution is 5.75. The van der Waals surface area contributed by atoms with Crippen molar-refractivity contribution in [2.45, 2.75) is 58.1 Å². The van der Waals surface area contributed by atoms with Gasteiger partial charge in [-0.25, -0.2) is 0 Å². The molecule has 0 aliphatic heterocycles. The van der Waals surface area contributed by atoms with E-state index >= 15 is 0 Å². The van der Waals surface area contributed by atoms with E-state index in [1.807, 2.05) is 31.2 Å². The van der Waals surface area contributed by atoms with E-state index in [4.69, 9.17) is 4.74 Å². The van der Waals surface area contributed by atoms with Crippen molar-refractivity contribution in [3.63, 3.8) is 0 Å². The summed E-state index contributed by atoms with van der Waals surface area (Å²) < 4.78 is 5.91. The molecular weight excluding hydrogens is 238 g/mol. The Morgan fingerprint density at radius 1 is 1.26 bits per heavy atom. The first-order chi connectivity index (χ1) is 9.28. The molecule has 19 heavy (non-hydrogen) atoms. The summed E-state index contributed by atoms with van der Waals surface area (Å²) in [5.74, 6) is 1.06. The SMILES string of the molecule is CCCC(=O)NCc1ccc(OC2CCCC2)cc1. The number of ether oxygens (including phenoxy) is 1. The second kappa shape index (κ2) is 7.17. The van der Waals surface area contributed by atoms with E-state index in [0.29, 0.717) is 19.1 Å². The van der Waals surface area contributed by atoms with E-state index in [0.717, 1.165) is 17.7 Å². The Balaban J connectivity index is 1.79. The lowest BCUT2D eigenvalue weighted by Crippen LogP contribution is -2.22. The summed E-state index contributed by atoms with van der Waals surface area (Å²) in [6.45, 7) is 2.61. The van der Waals surface area contributed by atoms with Crippen molar-refractivity contribution < 1.29 is 9.53 Å². The molecule has 0 unspecified atom stereocenters. The van der Waals surface area contributed by atoms with Gasteiger partial charge in [0.05, 0.1) is 6.10 Å². The van der Waals surface area contributed by atoms with Gasteiger partial charge in [0.25, 0.3) is 0 Å². The number of carbonyl (C=O) groups excluding carboxylic acids is 1. The molecule has 1 amide bonds. The maximum absolute atomic E-state index is 11.4. The van der Waals surface area contributed by atoms with E-state index in [2.05, 4.69) is 5.32 Å². The van der Waals surface area contributed by atoms with Gasteiger partial charge in [0.2, 0.25) is 5.91 Å². The zero-order valence-corrected chi connectivity index (χ0v) is 11.7.